The summed E-state index contributed by atoms with van der Waals surface area (Å²) in [5.41, 5.74) is 1.59. The molecule has 2 rings (SSSR count). The van der Waals surface area contributed by atoms with Gasteiger partial charge in [-0.1, -0.05) is 48.5 Å². The average molecular weight is 295 g/mol. The van der Waals surface area contributed by atoms with E-state index in [4.69, 9.17) is 4.74 Å². The first-order chi connectivity index (χ1) is 10.7. The highest BCUT2D eigenvalue weighted by Gasteiger charge is 2.03. The summed E-state index contributed by atoms with van der Waals surface area (Å²) in [5.74, 6) is 0.783. The summed E-state index contributed by atoms with van der Waals surface area (Å²) in [5, 5.41) is 0. The minimum atomic E-state index is -0.0105. The molecule has 0 aliphatic carbocycles. The number of hydrogen-bond acceptors (Lipinski definition) is 3. The van der Waals surface area contributed by atoms with Gasteiger partial charge in [0.05, 0.1) is 0 Å². The normalized spacial score (nSPS) is 11.0. The summed E-state index contributed by atoms with van der Waals surface area (Å²) in [6.07, 6.45) is 3.39. The minimum Gasteiger partial charge on any atom is -0.492 e. The number of allylic oxidation sites excluding steroid dienone is 1. The van der Waals surface area contributed by atoms with Gasteiger partial charge in [-0.05, 0) is 32.3 Å². The van der Waals surface area contributed by atoms with E-state index in [0.29, 0.717) is 12.2 Å². The minimum absolute atomic E-state index is 0.0105. The lowest BCUT2D eigenvalue weighted by molar-refractivity contribution is 0.104. The number of hydrogen-bond donors (Lipinski definition) is 0. The largest absolute Gasteiger partial charge is 0.492 e. The molecule has 0 aliphatic heterocycles. The van der Waals surface area contributed by atoms with Crippen LogP contribution in [-0.2, 0) is 0 Å². The van der Waals surface area contributed by atoms with E-state index in [0.717, 1.165) is 17.9 Å². The molecule has 2 aromatic rings. The maximum absolute atomic E-state index is 12.1. The fourth-order valence-electron chi connectivity index (χ4n) is 1.95. The van der Waals surface area contributed by atoms with Gasteiger partial charge in [-0.2, -0.15) is 0 Å². The monoisotopic (exact) mass is 295 g/mol. The van der Waals surface area contributed by atoms with Gasteiger partial charge in [0, 0.05) is 17.7 Å². The fourth-order valence-corrected chi connectivity index (χ4v) is 1.95. The van der Waals surface area contributed by atoms with Crippen molar-refractivity contribution in [2.75, 3.05) is 27.2 Å². The van der Waals surface area contributed by atoms with Crippen LogP contribution in [0.25, 0.3) is 6.08 Å². The number of rotatable bonds is 7. The smallest absolute Gasteiger partial charge is 0.185 e. The lowest BCUT2D eigenvalue weighted by atomic mass is 10.1. The molecule has 3 heteroatoms. The molecule has 0 aromatic heterocycles. The first kappa shape index (κ1) is 16.0. The van der Waals surface area contributed by atoms with Crippen molar-refractivity contribution < 1.29 is 9.53 Å². The van der Waals surface area contributed by atoms with Crippen molar-refractivity contribution in [3.05, 3.63) is 71.8 Å². The van der Waals surface area contributed by atoms with E-state index in [9.17, 15) is 4.79 Å². The third-order valence-electron chi connectivity index (χ3n) is 3.19. The highest BCUT2D eigenvalue weighted by atomic mass is 16.5. The zero-order chi connectivity index (χ0) is 15.8. The standard InChI is InChI=1S/C19H21NO2/c1-20(2)14-15-22-19-11-7-6-10-17(19)12-13-18(21)16-8-4-3-5-9-16/h3-13H,14-15H2,1-2H3/b13-12+. The SMILES string of the molecule is CN(C)CCOc1ccccc1/C=C/C(=O)c1ccccc1. The van der Waals surface area contributed by atoms with Crippen molar-refractivity contribution in [3.8, 4) is 5.75 Å². The molecular formula is C19H21NO2. The maximum atomic E-state index is 12.1. The van der Waals surface area contributed by atoms with Crippen molar-refractivity contribution in [1.29, 1.82) is 0 Å². The number of benzene rings is 2. The molecule has 0 spiro atoms. The van der Waals surface area contributed by atoms with E-state index in [2.05, 4.69) is 4.90 Å². The molecule has 0 fully saturated rings. The first-order valence-corrected chi connectivity index (χ1v) is 7.31. The van der Waals surface area contributed by atoms with Crippen molar-refractivity contribution in [3.63, 3.8) is 0 Å². The molecule has 0 saturated carbocycles. The van der Waals surface area contributed by atoms with Crippen molar-refractivity contribution >= 4 is 11.9 Å². The Kier molecular flexibility index (Phi) is 5.92. The quantitative estimate of drug-likeness (QED) is 0.578. The molecule has 22 heavy (non-hydrogen) atoms. The van der Waals surface area contributed by atoms with Crippen LogP contribution in [-0.4, -0.2) is 37.9 Å². The van der Waals surface area contributed by atoms with Crippen LogP contribution in [0.4, 0.5) is 0 Å². The second-order valence-electron chi connectivity index (χ2n) is 5.25. The Balaban J connectivity index is 2.06. The Morgan fingerprint density at radius 2 is 1.73 bits per heavy atom. The molecule has 0 aliphatic rings. The third-order valence-corrected chi connectivity index (χ3v) is 3.19. The summed E-state index contributed by atoms with van der Waals surface area (Å²) in [6.45, 7) is 1.46. The van der Waals surface area contributed by atoms with Gasteiger partial charge in [0.15, 0.2) is 5.78 Å². The highest BCUT2D eigenvalue weighted by molar-refractivity contribution is 6.06. The summed E-state index contributed by atoms with van der Waals surface area (Å²) in [6, 6.07) is 17.0. The van der Waals surface area contributed by atoms with Gasteiger partial charge in [0.1, 0.15) is 12.4 Å². The van der Waals surface area contributed by atoms with E-state index >= 15 is 0 Å². The van der Waals surface area contributed by atoms with Crippen molar-refractivity contribution in [1.82, 2.24) is 4.90 Å². The highest BCUT2D eigenvalue weighted by Crippen LogP contribution is 2.19. The van der Waals surface area contributed by atoms with E-state index in [-0.39, 0.29) is 5.78 Å². The summed E-state index contributed by atoms with van der Waals surface area (Å²) in [7, 11) is 4.02. The zero-order valence-electron chi connectivity index (χ0n) is 13.0. The molecule has 0 unspecified atom stereocenters. The average Bonchev–Trinajstić information content (AvgIpc) is 2.54. The molecule has 0 heterocycles. The Morgan fingerprint density at radius 3 is 2.45 bits per heavy atom. The van der Waals surface area contributed by atoms with Gasteiger partial charge in [-0.15, -0.1) is 0 Å². The molecule has 114 valence electrons. The number of nitrogens with zero attached hydrogens (tertiary/aromatic N) is 1. The Labute approximate surface area is 131 Å². The Hall–Kier alpha value is -2.39. The van der Waals surface area contributed by atoms with E-state index in [1.165, 1.54) is 0 Å². The van der Waals surface area contributed by atoms with Gasteiger partial charge in [0.2, 0.25) is 0 Å². The van der Waals surface area contributed by atoms with Crippen LogP contribution in [0, 0.1) is 0 Å². The molecule has 0 radical (unpaired) electrons. The lowest BCUT2D eigenvalue weighted by Gasteiger charge is -2.12. The van der Waals surface area contributed by atoms with Crippen molar-refractivity contribution in [2.45, 2.75) is 0 Å². The fraction of sp³-hybridized carbons (Fsp3) is 0.211. The van der Waals surface area contributed by atoms with Crippen LogP contribution in [0.1, 0.15) is 15.9 Å². The Morgan fingerprint density at radius 1 is 1.05 bits per heavy atom. The third kappa shape index (κ3) is 4.86. The molecule has 0 amide bonds. The van der Waals surface area contributed by atoms with E-state index in [1.54, 1.807) is 12.2 Å². The number of carbonyl (C=O) groups is 1. The first-order valence-electron chi connectivity index (χ1n) is 7.31. The molecule has 2 aromatic carbocycles. The van der Waals surface area contributed by atoms with Crippen LogP contribution in [0.3, 0.4) is 0 Å². The van der Waals surface area contributed by atoms with Crippen LogP contribution in [0.2, 0.25) is 0 Å². The van der Waals surface area contributed by atoms with Crippen LogP contribution < -0.4 is 4.74 Å². The van der Waals surface area contributed by atoms with E-state index < -0.39 is 0 Å². The van der Waals surface area contributed by atoms with Gasteiger partial charge >= 0.3 is 0 Å². The number of para-hydroxylation sites is 1. The predicted molar refractivity (Wildman–Crippen MR) is 90.3 cm³/mol. The van der Waals surface area contributed by atoms with Gasteiger partial charge in [0.25, 0.3) is 0 Å². The second-order valence-corrected chi connectivity index (χ2v) is 5.25. The molecular weight excluding hydrogens is 274 g/mol. The second kappa shape index (κ2) is 8.15. The van der Waals surface area contributed by atoms with Crippen LogP contribution in [0.15, 0.2) is 60.7 Å². The maximum Gasteiger partial charge on any atom is 0.185 e. The van der Waals surface area contributed by atoms with Gasteiger partial charge < -0.3 is 9.64 Å². The number of carbonyl (C=O) groups excluding carboxylic acids is 1. The van der Waals surface area contributed by atoms with Crippen LogP contribution >= 0.6 is 0 Å². The zero-order valence-corrected chi connectivity index (χ0v) is 13.0. The summed E-state index contributed by atoms with van der Waals surface area (Å²) < 4.78 is 5.78. The Bertz CT molecular complexity index is 633. The number of ketones is 1. The molecule has 0 bridgehead atoms. The van der Waals surface area contributed by atoms with Crippen molar-refractivity contribution in [2.24, 2.45) is 0 Å². The molecule has 0 atom stereocenters. The molecule has 0 N–H and O–H groups in total. The topological polar surface area (TPSA) is 29.5 Å². The summed E-state index contributed by atoms with van der Waals surface area (Å²) >= 11 is 0. The molecule has 3 nitrogen and oxygen atoms in total. The van der Waals surface area contributed by atoms with Gasteiger partial charge in [-0.25, -0.2) is 0 Å². The predicted octanol–water partition coefficient (Wildman–Crippen LogP) is 3.52. The number of likely N-dealkylation sites (N-methyl/N-ethyl adjacent to an activating group) is 1. The van der Waals surface area contributed by atoms with E-state index in [1.807, 2.05) is 68.7 Å². The number of ether oxygens (including phenoxy) is 1. The van der Waals surface area contributed by atoms with Crippen LogP contribution in [0.5, 0.6) is 5.75 Å². The molecule has 0 saturated heterocycles. The lowest BCUT2D eigenvalue weighted by Crippen LogP contribution is -2.19. The van der Waals surface area contributed by atoms with Gasteiger partial charge in [-0.3, -0.25) is 4.79 Å². The summed E-state index contributed by atoms with van der Waals surface area (Å²) in [4.78, 5) is 14.2.